The van der Waals surface area contributed by atoms with Crippen molar-refractivity contribution in [2.24, 2.45) is 0 Å². The number of H-pyrrole nitrogens is 1. The van der Waals surface area contributed by atoms with Gasteiger partial charge in [-0.05, 0) is 35.9 Å². The number of likely N-dealkylation sites (N-methyl/N-ethyl adjacent to an activating group) is 1. The van der Waals surface area contributed by atoms with Crippen LogP contribution < -0.4 is 9.47 Å². The number of ether oxygens (including phenoxy) is 2. The normalized spacial score (nSPS) is 15.8. The van der Waals surface area contributed by atoms with Gasteiger partial charge in [0, 0.05) is 55.6 Å². The Kier molecular flexibility index (Phi) is 6.47. The average molecular weight is 422 g/mol. The molecule has 2 heterocycles. The summed E-state index contributed by atoms with van der Waals surface area (Å²) in [6, 6.07) is 14.2. The fourth-order valence-electron chi connectivity index (χ4n) is 4.48. The van der Waals surface area contributed by atoms with Gasteiger partial charge in [0.15, 0.2) is 11.5 Å². The van der Waals surface area contributed by atoms with Gasteiger partial charge < -0.3 is 24.3 Å². The van der Waals surface area contributed by atoms with Crippen LogP contribution in [0.5, 0.6) is 11.5 Å². The first kappa shape index (κ1) is 21.2. The van der Waals surface area contributed by atoms with E-state index in [0.717, 1.165) is 54.8 Å². The molecule has 0 unspecified atom stereocenters. The first-order chi connectivity index (χ1) is 15.1. The number of aromatic nitrogens is 1. The van der Waals surface area contributed by atoms with Crippen molar-refractivity contribution >= 4 is 16.8 Å². The summed E-state index contributed by atoms with van der Waals surface area (Å²) in [5, 5.41) is 1.14. The maximum Gasteiger partial charge on any atom is 0.223 e. The van der Waals surface area contributed by atoms with Crippen molar-refractivity contribution < 1.29 is 14.3 Å². The predicted molar refractivity (Wildman–Crippen MR) is 123 cm³/mol. The molecule has 1 N–H and O–H groups in total. The highest BCUT2D eigenvalue weighted by Gasteiger charge is 2.27. The van der Waals surface area contributed by atoms with E-state index < -0.39 is 0 Å². The minimum atomic E-state index is -0.0762. The third-order valence-electron chi connectivity index (χ3n) is 6.36. The van der Waals surface area contributed by atoms with Crippen molar-refractivity contribution in [2.45, 2.75) is 19.3 Å². The molecule has 2 aromatic carbocycles. The van der Waals surface area contributed by atoms with Crippen molar-refractivity contribution in [2.75, 3.05) is 46.9 Å². The molecule has 3 aromatic rings. The number of carbonyl (C=O) groups excluding carboxylic acids is 1. The van der Waals surface area contributed by atoms with E-state index in [1.54, 1.807) is 14.2 Å². The molecule has 1 fully saturated rings. The van der Waals surface area contributed by atoms with E-state index in [4.69, 9.17) is 9.47 Å². The first-order valence-electron chi connectivity index (χ1n) is 10.9. The number of nitrogens with zero attached hydrogens (tertiary/aromatic N) is 2. The zero-order chi connectivity index (χ0) is 21.8. The Balaban J connectivity index is 1.67. The van der Waals surface area contributed by atoms with Crippen LogP contribution in [0.3, 0.4) is 0 Å². The van der Waals surface area contributed by atoms with Crippen LogP contribution in [-0.4, -0.2) is 67.6 Å². The van der Waals surface area contributed by atoms with Crippen molar-refractivity contribution in [3.05, 3.63) is 59.8 Å². The van der Waals surface area contributed by atoms with Gasteiger partial charge in [-0.2, -0.15) is 0 Å². The van der Waals surface area contributed by atoms with Gasteiger partial charge in [0.2, 0.25) is 5.91 Å². The van der Waals surface area contributed by atoms with Crippen molar-refractivity contribution in [1.29, 1.82) is 0 Å². The molecule has 1 saturated heterocycles. The number of para-hydroxylation sites is 1. The van der Waals surface area contributed by atoms with Crippen LogP contribution >= 0.6 is 0 Å². The predicted octanol–water partition coefficient (Wildman–Crippen LogP) is 3.87. The smallest absolute Gasteiger partial charge is 0.223 e. The Morgan fingerprint density at radius 2 is 1.77 bits per heavy atom. The third-order valence-corrected chi connectivity index (χ3v) is 6.36. The first-order valence-corrected chi connectivity index (χ1v) is 10.9. The molecule has 0 radical (unpaired) electrons. The van der Waals surface area contributed by atoms with E-state index in [2.05, 4.69) is 28.9 Å². The van der Waals surface area contributed by atoms with Crippen molar-refractivity contribution in [1.82, 2.24) is 14.8 Å². The lowest BCUT2D eigenvalue weighted by molar-refractivity contribution is -0.133. The highest BCUT2D eigenvalue weighted by atomic mass is 16.5. The number of methoxy groups -OCH3 is 2. The molecule has 164 valence electrons. The molecule has 1 aliphatic heterocycles. The fourth-order valence-corrected chi connectivity index (χ4v) is 4.48. The molecule has 1 aromatic heterocycles. The van der Waals surface area contributed by atoms with E-state index in [9.17, 15) is 4.79 Å². The van der Waals surface area contributed by atoms with E-state index >= 15 is 0 Å². The number of carbonyl (C=O) groups is 1. The standard InChI is InChI=1S/C25H31N3O3/c1-4-27-11-13-28(14-12-27)25(29)16-20(18-9-10-23(30-2)24(15-18)31-3)21-17-26-22-8-6-5-7-19(21)22/h5-10,15,17,20,26H,4,11-14,16H2,1-3H3/t20-/m1/s1. The number of piperazine rings is 1. The minimum absolute atomic E-state index is 0.0762. The van der Waals surface area contributed by atoms with E-state index in [-0.39, 0.29) is 11.8 Å². The second-order valence-electron chi connectivity index (χ2n) is 7.98. The third kappa shape index (κ3) is 4.39. The van der Waals surface area contributed by atoms with Gasteiger partial charge in [-0.15, -0.1) is 0 Å². The Morgan fingerprint density at radius 1 is 1.03 bits per heavy atom. The average Bonchev–Trinajstić information content (AvgIpc) is 3.26. The Hall–Kier alpha value is -2.99. The number of benzene rings is 2. The molecule has 0 bridgehead atoms. The maximum atomic E-state index is 13.3. The second-order valence-corrected chi connectivity index (χ2v) is 7.98. The zero-order valence-corrected chi connectivity index (χ0v) is 18.6. The topological polar surface area (TPSA) is 57.8 Å². The van der Waals surface area contributed by atoms with Crippen LogP contribution in [0.1, 0.15) is 30.4 Å². The zero-order valence-electron chi connectivity index (χ0n) is 18.6. The quantitative estimate of drug-likeness (QED) is 0.629. The van der Waals surface area contributed by atoms with Crippen LogP contribution in [0, 0.1) is 0 Å². The van der Waals surface area contributed by atoms with Gasteiger partial charge in [-0.1, -0.05) is 31.2 Å². The maximum absolute atomic E-state index is 13.3. The number of amides is 1. The highest BCUT2D eigenvalue weighted by molar-refractivity contribution is 5.86. The van der Waals surface area contributed by atoms with Gasteiger partial charge in [-0.25, -0.2) is 0 Å². The van der Waals surface area contributed by atoms with E-state index in [1.807, 2.05) is 41.4 Å². The lowest BCUT2D eigenvalue weighted by Gasteiger charge is -2.35. The summed E-state index contributed by atoms with van der Waals surface area (Å²) in [4.78, 5) is 21.1. The number of fused-ring (bicyclic) bond motifs is 1. The molecular formula is C25H31N3O3. The summed E-state index contributed by atoms with van der Waals surface area (Å²) in [5.74, 6) is 1.48. The summed E-state index contributed by atoms with van der Waals surface area (Å²) in [6.07, 6.45) is 2.46. The molecule has 6 heteroatoms. The molecule has 6 nitrogen and oxygen atoms in total. The molecule has 31 heavy (non-hydrogen) atoms. The molecule has 1 amide bonds. The summed E-state index contributed by atoms with van der Waals surface area (Å²) in [7, 11) is 3.27. The van der Waals surface area contributed by atoms with Gasteiger partial charge in [0.1, 0.15) is 0 Å². The van der Waals surface area contributed by atoms with Gasteiger partial charge in [0.05, 0.1) is 14.2 Å². The number of aromatic amines is 1. The summed E-state index contributed by atoms with van der Waals surface area (Å²) >= 11 is 0. The SMILES string of the molecule is CCN1CCN(C(=O)C[C@H](c2ccc(OC)c(OC)c2)c2c[nH]c3ccccc23)CC1. The summed E-state index contributed by atoms with van der Waals surface area (Å²) in [6.45, 7) is 6.67. The Labute approximate surface area is 183 Å². The molecule has 0 spiro atoms. The number of rotatable bonds is 7. The summed E-state index contributed by atoms with van der Waals surface area (Å²) in [5.41, 5.74) is 3.25. The van der Waals surface area contributed by atoms with Crippen molar-refractivity contribution in [3.8, 4) is 11.5 Å². The van der Waals surface area contributed by atoms with Crippen LogP contribution in [-0.2, 0) is 4.79 Å². The number of nitrogens with one attached hydrogen (secondary N) is 1. The largest absolute Gasteiger partial charge is 0.493 e. The summed E-state index contributed by atoms with van der Waals surface area (Å²) < 4.78 is 11.0. The monoisotopic (exact) mass is 421 g/mol. The molecule has 0 aliphatic carbocycles. The van der Waals surface area contributed by atoms with Crippen LogP contribution in [0.25, 0.3) is 10.9 Å². The lowest BCUT2D eigenvalue weighted by atomic mass is 9.87. The van der Waals surface area contributed by atoms with Crippen molar-refractivity contribution in [3.63, 3.8) is 0 Å². The number of hydrogen-bond donors (Lipinski definition) is 1. The van der Waals surface area contributed by atoms with Crippen LogP contribution in [0.4, 0.5) is 0 Å². The molecule has 1 atom stereocenters. The second kappa shape index (κ2) is 9.43. The molecule has 0 saturated carbocycles. The van der Waals surface area contributed by atoms with Crippen LogP contribution in [0.2, 0.25) is 0 Å². The Bertz CT molecular complexity index is 1040. The fraction of sp³-hybridized carbons (Fsp3) is 0.400. The van der Waals surface area contributed by atoms with Crippen LogP contribution in [0.15, 0.2) is 48.7 Å². The van der Waals surface area contributed by atoms with E-state index in [1.165, 1.54) is 0 Å². The Morgan fingerprint density at radius 3 is 2.48 bits per heavy atom. The lowest BCUT2D eigenvalue weighted by Crippen LogP contribution is -2.48. The molecular weight excluding hydrogens is 390 g/mol. The molecule has 4 rings (SSSR count). The number of hydrogen-bond acceptors (Lipinski definition) is 4. The molecule has 1 aliphatic rings. The van der Waals surface area contributed by atoms with Gasteiger partial charge in [-0.3, -0.25) is 4.79 Å². The van der Waals surface area contributed by atoms with Gasteiger partial charge in [0.25, 0.3) is 0 Å². The van der Waals surface area contributed by atoms with Gasteiger partial charge >= 0.3 is 0 Å². The minimum Gasteiger partial charge on any atom is -0.493 e. The van der Waals surface area contributed by atoms with E-state index in [0.29, 0.717) is 17.9 Å². The highest BCUT2D eigenvalue weighted by Crippen LogP contribution is 2.38.